The van der Waals surface area contributed by atoms with E-state index in [-0.39, 0.29) is 23.5 Å². The molecule has 0 bridgehead atoms. The minimum absolute atomic E-state index is 0.0147. The number of ether oxygens (including phenoxy) is 5. The van der Waals surface area contributed by atoms with Gasteiger partial charge in [-0.05, 0) is 54.4 Å². The quantitative estimate of drug-likeness (QED) is 0.0884. The van der Waals surface area contributed by atoms with Crippen LogP contribution in [0.2, 0.25) is 51.4 Å². The molecule has 2 aromatic rings. The van der Waals surface area contributed by atoms with Crippen molar-refractivity contribution >= 4 is 43.4 Å². The number of hydrogen-bond donors (Lipinski definition) is 0. The molecule has 2 aliphatic rings. The van der Waals surface area contributed by atoms with Gasteiger partial charge in [0.1, 0.15) is 25.3 Å². The molecule has 12 heteroatoms. The lowest BCUT2D eigenvalue weighted by Crippen LogP contribution is -2.37. The van der Waals surface area contributed by atoms with E-state index < -0.39 is 21.9 Å². The molecule has 0 aromatic carbocycles. The molecule has 0 N–H and O–H groups in total. The van der Waals surface area contributed by atoms with Crippen LogP contribution in [-0.4, -0.2) is 89.1 Å². The number of anilines is 1. The van der Waals surface area contributed by atoms with Crippen LogP contribution < -0.4 is 4.90 Å². The highest BCUT2D eigenvalue weighted by atomic mass is 79.9. The van der Waals surface area contributed by atoms with Crippen molar-refractivity contribution in [1.82, 2.24) is 14.6 Å². The molecule has 1 aliphatic heterocycles. The van der Waals surface area contributed by atoms with Gasteiger partial charge in [0.25, 0.3) is 0 Å². The molecule has 0 radical (unpaired) electrons. The fourth-order valence-electron chi connectivity index (χ4n) is 5.88. The molecule has 4 rings (SSSR count). The van der Waals surface area contributed by atoms with Crippen LogP contribution in [-0.2, 0) is 23.7 Å². The van der Waals surface area contributed by atoms with Crippen molar-refractivity contribution < 1.29 is 23.7 Å². The number of aromatic nitrogens is 3. The number of methoxy groups -OCH3 is 1. The Morgan fingerprint density at radius 1 is 1.10 bits per heavy atom. The Morgan fingerprint density at radius 2 is 1.71 bits per heavy atom. The molecule has 2 aromatic heterocycles. The Kier molecular flexibility index (Phi) is 10.5. The molecule has 1 saturated carbocycles. The third-order valence-electron chi connectivity index (χ3n) is 8.19. The number of nitrogens with zero attached hydrogens (tertiary/aromatic N) is 4. The fraction of sp³-hybridized carbons (Fsp3) is 0.733. The Balaban J connectivity index is 1.67. The van der Waals surface area contributed by atoms with Crippen LogP contribution in [0, 0.1) is 5.41 Å². The first kappa shape index (κ1) is 33.8. The van der Waals surface area contributed by atoms with Crippen LogP contribution in [0.4, 0.5) is 5.82 Å². The van der Waals surface area contributed by atoms with Crippen molar-refractivity contribution in [2.24, 2.45) is 5.41 Å². The van der Waals surface area contributed by atoms with Gasteiger partial charge in [-0.1, -0.05) is 45.4 Å². The Labute approximate surface area is 262 Å². The van der Waals surface area contributed by atoms with Gasteiger partial charge in [0, 0.05) is 58.0 Å². The van der Waals surface area contributed by atoms with E-state index in [9.17, 15) is 0 Å². The molecule has 1 saturated heterocycles. The lowest BCUT2D eigenvalue weighted by atomic mass is 9.84. The highest BCUT2D eigenvalue weighted by molar-refractivity contribution is 9.10. The summed E-state index contributed by atoms with van der Waals surface area (Å²) in [5, 5.41) is 4.74. The monoisotopic (exact) mass is 682 g/mol. The minimum atomic E-state index is -1.21. The van der Waals surface area contributed by atoms with E-state index in [4.69, 9.17) is 33.8 Å². The lowest BCUT2D eigenvalue weighted by molar-refractivity contribution is -0.166. The number of rotatable bonds is 15. The summed E-state index contributed by atoms with van der Waals surface area (Å²) < 4.78 is 34.0. The highest BCUT2D eigenvalue weighted by Gasteiger charge is 2.61. The van der Waals surface area contributed by atoms with Crippen LogP contribution in [0.3, 0.4) is 0 Å². The Bertz CT molecular complexity index is 1210. The zero-order valence-electron chi connectivity index (χ0n) is 27.0. The zero-order valence-corrected chi connectivity index (χ0v) is 30.6. The van der Waals surface area contributed by atoms with Gasteiger partial charge in [-0.15, -0.1) is 6.58 Å². The molecule has 236 valence electrons. The summed E-state index contributed by atoms with van der Waals surface area (Å²) >= 11 is 3.86. The molecule has 1 aliphatic carbocycles. The number of halogens is 1. The maximum absolute atomic E-state index is 6.52. The van der Waals surface area contributed by atoms with Gasteiger partial charge in [-0.2, -0.15) is 5.10 Å². The molecule has 0 spiro atoms. The van der Waals surface area contributed by atoms with Gasteiger partial charge in [-0.25, -0.2) is 9.50 Å². The molecule has 9 nitrogen and oxygen atoms in total. The fourth-order valence-corrected chi connectivity index (χ4v) is 7.97. The third kappa shape index (κ3) is 7.74. The molecule has 0 amide bonds. The summed E-state index contributed by atoms with van der Waals surface area (Å²) in [6, 6.07) is 4.35. The summed E-state index contributed by atoms with van der Waals surface area (Å²) in [4.78, 5) is 6.83. The van der Waals surface area contributed by atoms with Gasteiger partial charge >= 0.3 is 0 Å². The summed E-state index contributed by atoms with van der Waals surface area (Å²) in [5.74, 6) is 0.0907. The second-order valence-corrected chi connectivity index (χ2v) is 26.8. The SMILES string of the molecule is C=C[C@@]1(COC)C[C@@H](c2cc(Br)c3c(N(COCC[Si](C)(C)C)COCC[Si](C)(C)C)ncnn23)[C@@H]2OC(C)(C)O[C@@H]21. The standard InChI is InChI=1S/C30H51BrN4O5Si2/c1-11-30(18-36-4)17-22(26-27(30)40-29(2,3)39-26)24-16-23(31)25-28(32-19-33-35(24)25)34(20-37-12-14-41(5,6)7)21-38-13-15-42(8,9)10/h11,16,19,22,26-27H,1,12-15,17-18,20-21H2,2-10H3/t22-,26-,27-,30-/m0/s1. The summed E-state index contributed by atoms with van der Waals surface area (Å²) in [5.41, 5.74) is 1.55. The summed E-state index contributed by atoms with van der Waals surface area (Å²) in [6.45, 7) is 25.0. The second kappa shape index (κ2) is 13.1. The van der Waals surface area contributed by atoms with Crippen LogP contribution in [0.25, 0.3) is 5.52 Å². The molecule has 42 heavy (non-hydrogen) atoms. The third-order valence-corrected chi connectivity index (χ3v) is 12.2. The van der Waals surface area contributed by atoms with Crippen molar-refractivity contribution in [2.45, 2.75) is 95.6 Å². The normalized spacial score (nSPS) is 25.7. The zero-order chi connectivity index (χ0) is 30.9. The van der Waals surface area contributed by atoms with E-state index in [1.165, 1.54) is 0 Å². The summed E-state index contributed by atoms with van der Waals surface area (Å²) in [6.07, 6.45) is 4.05. The molecule has 2 fully saturated rings. The molecule has 0 unspecified atom stereocenters. The lowest BCUT2D eigenvalue weighted by Gasteiger charge is -2.31. The first-order valence-electron chi connectivity index (χ1n) is 15.0. The van der Waals surface area contributed by atoms with Crippen LogP contribution in [0.5, 0.6) is 0 Å². The second-order valence-electron chi connectivity index (χ2n) is 14.7. The van der Waals surface area contributed by atoms with E-state index in [1.807, 2.05) is 24.4 Å². The van der Waals surface area contributed by atoms with Crippen LogP contribution in [0.1, 0.15) is 31.9 Å². The van der Waals surface area contributed by atoms with Crippen LogP contribution >= 0.6 is 15.9 Å². The van der Waals surface area contributed by atoms with Crippen molar-refractivity contribution in [2.75, 3.05) is 45.3 Å². The topological polar surface area (TPSA) is 79.6 Å². The van der Waals surface area contributed by atoms with Crippen LogP contribution in [0.15, 0.2) is 29.5 Å². The van der Waals surface area contributed by atoms with Gasteiger partial charge in [0.05, 0.1) is 18.8 Å². The predicted octanol–water partition coefficient (Wildman–Crippen LogP) is 6.75. The number of fused-ring (bicyclic) bond motifs is 2. The molecule has 4 atom stereocenters. The van der Waals surface area contributed by atoms with Crippen molar-refractivity contribution in [3.8, 4) is 0 Å². The first-order chi connectivity index (χ1) is 19.6. The van der Waals surface area contributed by atoms with E-state index in [2.05, 4.69) is 72.8 Å². The first-order valence-corrected chi connectivity index (χ1v) is 23.2. The largest absolute Gasteiger partial charge is 0.384 e. The van der Waals surface area contributed by atoms with E-state index in [0.29, 0.717) is 20.1 Å². The average molecular weight is 684 g/mol. The van der Waals surface area contributed by atoms with Gasteiger partial charge in [0.2, 0.25) is 0 Å². The maximum Gasteiger partial charge on any atom is 0.163 e. The molecular formula is C30H51BrN4O5Si2. The van der Waals surface area contributed by atoms with Gasteiger partial charge in [-0.3, -0.25) is 0 Å². The van der Waals surface area contributed by atoms with Gasteiger partial charge in [0.15, 0.2) is 11.6 Å². The van der Waals surface area contributed by atoms with Crippen molar-refractivity contribution in [1.29, 1.82) is 0 Å². The average Bonchev–Trinajstić information content (AvgIpc) is 3.49. The Morgan fingerprint density at radius 3 is 2.26 bits per heavy atom. The highest BCUT2D eigenvalue weighted by Crippen LogP contribution is 2.56. The number of hydrogen-bond acceptors (Lipinski definition) is 8. The summed E-state index contributed by atoms with van der Waals surface area (Å²) in [7, 11) is -0.700. The van der Waals surface area contributed by atoms with E-state index >= 15 is 0 Å². The minimum Gasteiger partial charge on any atom is -0.384 e. The molecular weight excluding hydrogens is 632 g/mol. The smallest absolute Gasteiger partial charge is 0.163 e. The molecule has 3 heterocycles. The van der Waals surface area contributed by atoms with Crippen molar-refractivity contribution in [3.63, 3.8) is 0 Å². The predicted molar refractivity (Wildman–Crippen MR) is 177 cm³/mol. The maximum atomic E-state index is 6.52. The van der Waals surface area contributed by atoms with Gasteiger partial charge < -0.3 is 28.6 Å². The van der Waals surface area contributed by atoms with E-state index in [1.54, 1.807) is 13.4 Å². The van der Waals surface area contributed by atoms with Crippen molar-refractivity contribution in [3.05, 3.63) is 35.2 Å². The Hall–Kier alpha value is -1.13. The van der Waals surface area contributed by atoms with E-state index in [0.717, 1.165) is 53.2 Å².